The number of fused-ring (bicyclic) bond motifs is 1. The van der Waals surface area contributed by atoms with Crippen molar-refractivity contribution in [2.24, 2.45) is 23.2 Å². The zero-order chi connectivity index (χ0) is 16.6. The summed E-state index contributed by atoms with van der Waals surface area (Å²) in [6, 6.07) is 6.34. The molecule has 5 nitrogen and oxygen atoms in total. The van der Waals surface area contributed by atoms with Gasteiger partial charge in [0, 0.05) is 0 Å². The Morgan fingerprint density at radius 3 is 2.04 bits per heavy atom. The highest BCUT2D eigenvalue weighted by atomic mass is 16.4. The number of rotatable bonds is 2. The van der Waals surface area contributed by atoms with E-state index in [1.54, 1.807) is 24.3 Å². The highest BCUT2D eigenvalue weighted by molar-refractivity contribution is 6.21. The van der Waals surface area contributed by atoms with Crippen LogP contribution in [0.5, 0.6) is 0 Å². The first-order valence-corrected chi connectivity index (χ1v) is 8.71. The molecule has 1 N–H and O–H groups in total. The molecule has 1 aliphatic heterocycles. The van der Waals surface area contributed by atoms with Crippen LogP contribution >= 0.6 is 0 Å². The van der Waals surface area contributed by atoms with Crippen molar-refractivity contribution < 1.29 is 19.5 Å². The molecule has 24 heavy (non-hydrogen) atoms. The lowest BCUT2D eigenvalue weighted by molar-refractivity contribution is -0.175. The van der Waals surface area contributed by atoms with Crippen molar-refractivity contribution in [3.05, 3.63) is 35.4 Å². The summed E-state index contributed by atoms with van der Waals surface area (Å²) in [4.78, 5) is 39.4. The number of nitrogens with zero attached hydrogens (tertiary/aromatic N) is 1. The van der Waals surface area contributed by atoms with E-state index in [-0.39, 0.29) is 17.7 Å². The van der Waals surface area contributed by atoms with Crippen LogP contribution in [0, 0.1) is 23.2 Å². The zero-order valence-corrected chi connectivity index (χ0v) is 13.3. The van der Waals surface area contributed by atoms with E-state index in [1.807, 2.05) is 0 Å². The molecular weight excluding hydrogens is 306 g/mol. The third-order valence-corrected chi connectivity index (χ3v) is 6.79. The molecular formula is C19H19NO4. The van der Waals surface area contributed by atoms with Crippen LogP contribution in [-0.2, 0) is 4.79 Å². The van der Waals surface area contributed by atoms with E-state index >= 15 is 0 Å². The Kier molecular flexibility index (Phi) is 2.64. The maximum Gasteiger partial charge on any atom is 0.311 e. The molecule has 0 spiro atoms. The van der Waals surface area contributed by atoms with E-state index in [4.69, 9.17) is 0 Å². The number of hydrogen-bond donors (Lipinski definition) is 1. The normalized spacial score (nSPS) is 39.4. The SMILES string of the molecule is O=C1c2ccccc2C(=O)N1C1C2C[C@H]3C[C@H](C2)CC1(C(=O)O)C3. The Morgan fingerprint density at radius 2 is 1.54 bits per heavy atom. The van der Waals surface area contributed by atoms with Crippen molar-refractivity contribution in [3.63, 3.8) is 0 Å². The van der Waals surface area contributed by atoms with Crippen molar-refractivity contribution in [3.8, 4) is 0 Å². The second-order valence-corrected chi connectivity index (χ2v) is 8.04. The van der Waals surface area contributed by atoms with Crippen LogP contribution < -0.4 is 0 Å². The Morgan fingerprint density at radius 1 is 1.00 bits per heavy atom. The van der Waals surface area contributed by atoms with Gasteiger partial charge in [0.25, 0.3) is 11.8 Å². The van der Waals surface area contributed by atoms with E-state index in [0.29, 0.717) is 35.8 Å². The van der Waals surface area contributed by atoms with Gasteiger partial charge in [-0.3, -0.25) is 19.3 Å². The van der Waals surface area contributed by atoms with Crippen LogP contribution in [0.1, 0.15) is 52.8 Å². The summed E-state index contributed by atoms with van der Waals surface area (Å²) in [6.07, 6.45) is 4.22. The lowest BCUT2D eigenvalue weighted by Gasteiger charge is -2.60. The monoisotopic (exact) mass is 325 g/mol. The molecule has 5 aliphatic rings. The van der Waals surface area contributed by atoms with Crippen molar-refractivity contribution in [2.75, 3.05) is 0 Å². The maximum atomic E-state index is 12.9. The van der Waals surface area contributed by atoms with Gasteiger partial charge in [-0.25, -0.2) is 0 Å². The molecule has 6 rings (SSSR count). The first-order valence-electron chi connectivity index (χ1n) is 8.71. The molecule has 4 bridgehead atoms. The van der Waals surface area contributed by atoms with Crippen molar-refractivity contribution in [2.45, 2.75) is 38.1 Å². The number of benzene rings is 1. The van der Waals surface area contributed by atoms with Gasteiger partial charge in [-0.15, -0.1) is 0 Å². The van der Waals surface area contributed by atoms with E-state index < -0.39 is 17.4 Å². The standard InChI is InChI=1S/C19H19NO4/c21-16-13-3-1-2-4-14(13)17(22)20(16)15-12-6-10-5-11(7-12)9-19(15,8-10)18(23)24/h1-4,10-12,15H,5-9H2,(H,23,24)/t10-,11-,12?,15?,19?/m1/s1. The number of carbonyl (C=O) groups is 3. The molecule has 1 unspecified atom stereocenters. The van der Waals surface area contributed by atoms with Gasteiger partial charge in [0.1, 0.15) is 0 Å². The Labute approximate surface area is 139 Å². The molecule has 0 radical (unpaired) electrons. The van der Waals surface area contributed by atoms with Gasteiger partial charge in [0.05, 0.1) is 22.6 Å². The first-order chi connectivity index (χ1) is 11.5. The Bertz CT molecular complexity index is 736. The molecule has 3 atom stereocenters. The lowest BCUT2D eigenvalue weighted by atomic mass is 9.47. The van der Waals surface area contributed by atoms with Gasteiger partial charge in [-0.05, 0) is 62.0 Å². The second-order valence-electron chi connectivity index (χ2n) is 8.04. The fraction of sp³-hybridized carbons (Fsp3) is 0.526. The zero-order valence-electron chi connectivity index (χ0n) is 13.3. The van der Waals surface area contributed by atoms with Crippen molar-refractivity contribution in [1.29, 1.82) is 0 Å². The van der Waals surface area contributed by atoms with Crippen LogP contribution in [0.2, 0.25) is 0 Å². The summed E-state index contributed by atoms with van der Waals surface area (Å²) in [5.41, 5.74) is -0.115. The second kappa shape index (κ2) is 4.47. The third-order valence-electron chi connectivity index (χ3n) is 6.79. The number of amides is 2. The van der Waals surface area contributed by atoms with E-state index in [2.05, 4.69) is 0 Å². The number of aliphatic carboxylic acids is 1. The summed E-state index contributed by atoms with van der Waals surface area (Å²) in [7, 11) is 0. The summed E-state index contributed by atoms with van der Waals surface area (Å²) in [6.45, 7) is 0. The molecule has 0 saturated heterocycles. The van der Waals surface area contributed by atoms with Gasteiger partial charge >= 0.3 is 5.97 Å². The fourth-order valence-electron chi connectivity index (χ4n) is 6.23. The Balaban J connectivity index is 1.63. The molecule has 4 saturated carbocycles. The number of carboxylic acid groups (broad SMARTS) is 1. The predicted octanol–water partition coefficient (Wildman–Crippen LogP) is 2.56. The minimum atomic E-state index is -0.942. The highest BCUT2D eigenvalue weighted by Crippen LogP contribution is 2.62. The van der Waals surface area contributed by atoms with E-state index in [1.165, 1.54) is 4.90 Å². The van der Waals surface area contributed by atoms with Gasteiger partial charge in [-0.1, -0.05) is 12.1 Å². The molecule has 4 aliphatic carbocycles. The summed E-state index contributed by atoms with van der Waals surface area (Å²) < 4.78 is 0. The Hall–Kier alpha value is -2.17. The van der Waals surface area contributed by atoms with Gasteiger partial charge in [0.2, 0.25) is 0 Å². The smallest absolute Gasteiger partial charge is 0.311 e. The van der Waals surface area contributed by atoms with Crippen LogP contribution in [0.25, 0.3) is 0 Å². The molecule has 0 aromatic heterocycles. The predicted molar refractivity (Wildman–Crippen MR) is 84.4 cm³/mol. The van der Waals surface area contributed by atoms with E-state index in [9.17, 15) is 19.5 Å². The van der Waals surface area contributed by atoms with E-state index in [0.717, 1.165) is 19.3 Å². The highest BCUT2D eigenvalue weighted by Gasteiger charge is 2.65. The van der Waals surface area contributed by atoms with Crippen LogP contribution in [0.4, 0.5) is 0 Å². The quantitative estimate of drug-likeness (QED) is 0.848. The van der Waals surface area contributed by atoms with Crippen molar-refractivity contribution in [1.82, 2.24) is 4.90 Å². The summed E-state index contributed by atoms with van der Waals surface area (Å²) in [5.74, 6) is -0.449. The fourth-order valence-corrected chi connectivity index (χ4v) is 6.23. The van der Waals surface area contributed by atoms with Crippen LogP contribution in [0.15, 0.2) is 24.3 Å². The molecule has 1 aromatic carbocycles. The first kappa shape index (κ1) is 14.2. The number of carbonyl (C=O) groups excluding carboxylic acids is 2. The summed E-state index contributed by atoms with van der Waals surface area (Å²) >= 11 is 0. The minimum Gasteiger partial charge on any atom is -0.481 e. The lowest BCUT2D eigenvalue weighted by Crippen LogP contribution is -2.66. The average molecular weight is 325 g/mol. The molecule has 2 amide bonds. The molecule has 124 valence electrons. The molecule has 1 heterocycles. The third kappa shape index (κ3) is 1.57. The van der Waals surface area contributed by atoms with Crippen LogP contribution in [0.3, 0.4) is 0 Å². The molecule has 4 fully saturated rings. The maximum absolute atomic E-state index is 12.9. The average Bonchev–Trinajstić information content (AvgIpc) is 2.79. The minimum absolute atomic E-state index is 0.134. The van der Waals surface area contributed by atoms with Crippen molar-refractivity contribution >= 4 is 17.8 Å². The molecule has 5 heteroatoms. The molecule has 1 aromatic rings. The number of imide groups is 1. The van der Waals surface area contributed by atoms with Gasteiger partial charge in [0.15, 0.2) is 0 Å². The van der Waals surface area contributed by atoms with Gasteiger partial charge < -0.3 is 5.11 Å². The largest absolute Gasteiger partial charge is 0.481 e. The number of hydrogen-bond acceptors (Lipinski definition) is 3. The van der Waals surface area contributed by atoms with Gasteiger partial charge in [-0.2, -0.15) is 0 Å². The number of carboxylic acids is 1. The topological polar surface area (TPSA) is 74.7 Å². The van der Waals surface area contributed by atoms with Crippen LogP contribution in [-0.4, -0.2) is 33.8 Å². The summed E-state index contributed by atoms with van der Waals surface area (Å²) in [5, 5.41) is 10.0.